The molecule has 2 rings (SSSR count). The van der Waals surface area contributed by atoms with Gasteiger partial charge in [-0.2, -0.15) is 0 Å². The molecule has 0 unspecified atom stereocenters. The SMILES string of the molecule is CNCc1ccc(Cl)cc1N(C)Cc1cccc(C)c1. The Labute approximate surface area is 126 Å². The number of anilines is 1. The van der Waals surface area contributed by atoms with Gasteiger partial charge in [0.25, 0.3) is 0 Å². The molecular weight excluding hydrogens is 268 g/mol. The van der Waals surface area contributed by atoms with Gasteiger partial charge in [0.1, 0.15) is 0 Å². The Morgan fingerprint density at radius 1 is 1.15 bits per heavy atom. The summed E-state index contributed by atoms with van der Waals surface area (Å²) in [6.07, 6.45) is 0. The molecule has 0 amide bonds. The minimum absolute atomic E-state index is 0.774. The van der Waals surface area contributed by atoms with Crippen LogP contribution in [0.25, 0.3) is 0 Å². The quantitative estimate of drug-likeness (QED) is 0.894. The van der Waals surface area contributed by atoms with E-state index >= 15 is 0 Å². The first kappa shape index (κ1) is 14.9. The van der Waals surface area contributed by atoms with Crippen molar-refractivity contribution < 1.29 is 0 Å². The lowest BCUT2D eigenvalue weighted by atomic mass is 10.1. The number of hydrogen-bond acceptors (Lipinski definition) is 2. The largest absolute Gasteiger partial charge is 0.370 e. The third-order valence-corrected chi connectivity index (χ3v) is 3.56. The average molecular weight is 289 g/mol. The van der Waals surface area contributed by atoms with Crippen molar-refractivity contribution >= 4 is 17.3 Å². The van der Waals surface area contributed by atoms with Crippen molar-refractivity contribution in [2.24, 2.45) is 0 Å². The van der Waals surface area contributed by atoms with Crippen LogP contribution >= 0.6 is 11.6 Å². The van der Waals surface area contributed by atoms with Gasteiger partial charge in [-0.3, -0.25) is 0 Å². The van der Waals surface area contributed by atoms with E-state index in [0.717, 1.165) is 18.1 Å². The molecule has 0 heterocycles. The van der Waals surface area contributed by atoms with Gasteiger partial charge in [-0.15, -0.1) is 0 Å². The molecule has 0 atom stereocenters. The van der Waals surface area contributed by atoms with E-state index in [9.17, 15) is 0 Å². The molecule has 2 aromatic rings. The van der Waals surface area contributed by atoms with Gasteiger partial charge in [0.2, 0.25) is 0 Å². The highest BCUT2D eigenvalue weighted by Gasteiger charge is 2.08. The lowest BCUT2D eigenvalue weighted by Crippen LogP contribution is -2.19. The van der Waals surface area contributed by atoms with Gasteiger partial charge >= 0.3 is 0 Å². The smallest absolute Gasteiger partial charge is 0.0427 e. The number of aryl methyl sites for hydroxylation is 1. The summed E-state index contributed by atoms with van der Waals surface area (Å²) in [6.45, 7) is 3.83. The van der Waals surface area contributed by atoms with Crippen LogP contribution in [-0.4, -0.2) is 14.1 Å². The van der Waals surface area contributed by atoms with E-state index in [1.165, 1.54) is 22.4 Å². The Balaban J connectivity index is 2.23. The first-order valence-electron chi connectivity index (χ1n) is 6.80. The van der Waals surface area contributed by atoms with Crippen molar-refractivity contribution in [1.82, 2.24) is 5.32 Å². The zero-order chi connectivity index (χ0) is 14.5. The van der Waals surface area contributed by atoms with Crippen molar-refractivity contribution in [1.29, 1.82) is 0 Å². The summed E-state index contributed by atoms with van der Waals surface area (Å²) < 4.78 is 0. The Morgan fingerprint density at radius 2 is 1.95 bits per heavy atom. The van der Waals surface area contributed by atoms with E-state index in [2.05, 4.69) is 54.5 Å². The molecule has 20 heavy (non-hydrogen) atoms. The van der Waals surface area contributed by atoms with Crippen LogP contribution in [0.5, 0.6) is 0 Å². The van der Waals surface area contributed by atoms with E-state index in [0.29, 0.717) is 0 Å². The molecule has 0 aliphatic carbocycles. The average Bonchev–Trinajstić information content (AvgIpc) is 2.41. The normalized spacial score (nSPS) is 10.6. The molecule has 2 aromatic carbocycles. The fourth-order valence-corrected chi connectivity index (χ4v) is 2.57. The van der Waals surface area contributed by atoms with Crippen molar-refractivity contribution in [3.63, 3.8) is 0 Å². The number of nitrogens with zero attached hydrogens (tertiary/aromatic N) is 1. The lowest BCUT2D eigenvalue weighted by molar-refractivity contribution is 0.805. The maximum atomic E-state index is 6.14. The van der Waals surface area contributed by atoms with Crippen LogP contribution in [-0.2, 0) is 13.1 Å². The minimum Gasteiger partial charge on any atom is -0.370 e. The zero-order valence-electron chi connectivity index (χ0n) is 12.3. The first-order chi connectivity index (χ1) is 9.60. The molecular formula is C17H21ClN2. The molecule has 2 nitrogen and oxygen atoms in total. The standard InChI is InChI=1S/C17H21ClN2/c1-13-5-4-6-14(9-13)12-20(3)17-10-16(18)8-7-15(17)11-19-2/h4-10,19H,11-12H2,1-3H3. The molecule has 0 radical (unpaired) electrons. The maximum absolute atomic E-state index is 6.14. The highest BCUT2D eigenvalue weighted by atomic mass is 35.5. The minimum atomic E-state index is 0.774. The first-order valence-corrected chi connectivity index (χ1v) is 7.17. The number of nitrogens with one attached hydrogen (secondary N) is 1. The molecule has 1 N–H and O–H groups in total. The molecule has 0 saturated heterocycles. The molecule has 106 valence electrons. The maximum Gasteiger partial charge on any atom is 0.0427 e. The van der Waals surface area contributed by atoms with Gasteiger partial charge in [0.05, 0.1) is 0 Å². The molecule has 0 aliphatic rings. The van der Waals surface area contributed by atoms with Crippen LogP contribution in [0.4, 0.5) is 5.69 Å². The van der Waals surface area contributed by atoms with Crippen molar-refractivity contribution in [2.75, 3.05) is 19.0 Å². The Bertz CT molecular complexity index is 581. The fourth-order valence-electron chi connectivity index (χ4n) is 2.40. The van der Waals surface area contributed by atoms with E-state index in [1.807, 2.05) is 19.2 Å². The molecule has 0 fully saturated rings. The van der Waals surface area contributed by atoms with Crippen LogP contribution in [0.1, 0.15) is 16.7 Å². The molecule has 0 aromatic heterocycles. The van der Waals surface area contributed by atoms with E-state index in [4.69, 9.17) is 11.6 Å². The monoisotopic (exact) mass is 288 g/mol. The molecule has 0 bridgehead atoms. The molecule has 0 saturated carbocycles. The molecule has 3 heteroatoms. The third kappa shape index (κ3) is 3.75. The summed E-state index contributed by atoms with van der Waals surface area (Å²) >= 11 is 6.14. The topological polar surface area (TPSA) is 15.3 Å². The van der Waals surface area contributed by atoms with Crippen molar-refractivity contribution in [3.8, 4) is 0 Å². The number of hydrogen-bond donors (Lipinski definition) is 1. The van der Waals surface area contributed by atoms with Gasteiger partial charge in [0.15, 0.2) is 0 Å². The van der Waals surface area contributed by atoms with E-state index < -0.39 is 0 Å². The van der Waals surface area contributed by atoms with Crippen molar-refractivity contribution in [3.05, 3.63) is 64.2 Å². The van der Waals surface area contributed by atoms with Gasteiger partial charge in [-0.05, 0) is 37.2 Å². The van der Waals surface area contributed by atoms with Crippen LogP contribution in [0.15, 0.2) is 42.5 Å². The third-order valence-electron chi connectivity index (χ3n) is 3.33. The van der Waals surface area contributed by atoms with Gasteiger partial charge in [-0.25, -0.2) is 0 Å². The summed E-state index contributed by atoms with van der Waals surface area (Å²) in [7, 11) is 4.06. The molecule has 0 spiro atoms. The van der Waals surface area contributed by atoms with Gasteiger partial charge in [-0.1, -0.05) is 47.5 Å². The highest BCUT2D eigenvalue weighted by Crippen LogP contribution is 2.25. The second-order valence-corrected chi connectivity index (χ2v) is 5.58. The van der Waals surface area contributed by atoms with Crippen LogP contribution in [0.2, 0.25) is 5.02 Å². The Kier molecular flexibility index (Phi) is 5.05. The number of halogens is 1. The fraction of sp³-hybridized carbons (Fsp3) is 0.294. The highest BCUT2D eigenvalue weighted by molar-refractivity contribution is 6.30. The van der Waals surface area contributed by atoms with Crippen LogP contribution in [0.3, 0.4) is 0 Å². The number of rotatable bonds is 5. The molecule has 0 aliphatic heterocycles. The summed E-state index contributed by atoms with van der Waals surface area (Å²) in [6, 6.07) is 14.7. The van der Waals surface area contributed by atoms with Crippen LogP contribution < -0.4 is 10.2 Å². The predicted octanol–water partition coefficient (Wildman–Crippen LogP) is 4.00. The van der Waals surface area contributed by atoms with E-state index in [1.54, 1.807) is 0 Å². The summed E-state index contributed by atoms with van der Waals surface area (Å²) in [4.78, 5) is 2.24. The van der Waals surface area contributed by atoms with E-state index in [-0.39, 0.29) is 0 Å². The number of benzene rings is 2. The van der Waals surface area contributed by atoms with Gasteiger partial charge < -0.3 is 10.2 Å². The Hall–Kier alpha value is -1.51. The van der Waals surface area contributed by atoms with Crippen LogP contribution in [0, 0.1) is 6.92 Å². The van der Waals surface area contributed by atoms with Crippen molar-refractivity contribution in [2.45, 2.75) is 20.0 Å². The Morgan fingerprint density at radius 3 is 2.65 bits per heavy atom. The van der Waals surface area contributed by atoms with Gasteiger partial charge in [0, 0.05) is 30.8 Å². The predicted molar refractivity (Wildman–Crippen MR) is 87.5 cm³/mol. The summed E-state index contributed by atoms with van der Waals surface area (Å²) in [5.41, 5.74) is 5.03. The zero-order valence-corrected chi connectivity index (χ0v) is 13.0. The second kappa shape index (κ2) is 6.78. The summed E-state index contributed by atoms with van der Waals surface area (Å²) in [5, 5.41) is 3.98. The lowest BCUT2D eigenvalue weighted by Gasteiger charge is -2.23. The summed E-state index contributed by atoms with van der Waals surface area (Å²) in [5.74, 6) is 0. The second-order valence-electron chi connectivity index (χ2n) is 5.15.